The van der Waals surface area contributed by atoms with Crippen LogP contribution in [0.3, 0.4) is 0 Å². The van der Waals surface area contributed by atoms with Gasteiger partial charge in [-0.3, -0.25) is 4.79 Å². The molecule has 0 spiro atoms. The highest BCUT2D eigenvalue weighted by atomic mass is 16.2. The second-order valence-corrected chi connectivity index (χ2v) is 6.68. The normalized spacial score (nSPS) is 23.3. The van der Waals surface area contributed by atoms with Crippen molar-refractivity contribution in [2.45, 2.75) is 25.8 Å². The molecule has 0 radical (unpaired) electrons. The summed E-state index contributed by atoms with van der Waals surface area (Å²) in [5.74, 6) is 2.44. The number of rotatable bonds is 2. The number of aromatic nitrogens is 1. The van der Waals surface area contributed by atoms with Crippen LogP contribution in [0.25, 0.3) is 0 Å². The van der Waals surface area contributed by atoms with Crippen LogP contribution in [0.1, 0.15) is 25.3 Å². The van der Waals surface area contributed by atoms with Crippen molar-refractivity contribution < 1.29 is 4.79 Å². The zero-order chi connectivity index (χ0) is 17.3. The molecule has 0 bridgehead atoms. The molecule has 2 atom stereocenters. The van der Waals surface area contributed by atoms with Crippen LogP contribution < -0.4 is 4.90 Å². The van der Waals surface area contributed by atoms with E-state index >= 15 is 0 Å². The fourth-order valence-electron chi connectivity index (χ4n) is 3.60. The zero-order valence-corrected chi connectivity index (χ0v) is 14.5. The molecule has 128 valence electrons. The van der Waals surface area contributed by atoms with Gasteiger partial charge in [0.2, 0.25) is 5.91 Å². The van der Waals surface area contributed by atoms with Crippen molar-refractivity contribution in [2.75, 3.05) is 38.8 Å². The maximum Gasteiger partial charge on any atom is 0.236 e. The highest BCUT2D eigenvalue weighted by Gasteiger charge is 2.34. The number of nitrogens with zero attached hydrogens (tertiary/aromatic N) is 5. The molecule has 3 heterocycles. The third-order valence-corrected chi connectivity index (χ3v) is 5.11. The van der Waals surface area contributed by atoms with E-state index in [2.05, 4.69) is 28.8 Å². The number of hydrogen-bond acceptors (Lipinski definition) is 5. The summed E-state index contributed by atoms with van der Waals surface area (Å²) in [5.41, 5.74) is 1.10. The minimum absolute atomic E-state index is 0.0431. The molecule has 1 fully saturated rings. The first-order valence-corrected chi connectivity index (χ1v) is 8.33. The molecule has 1 aromatic rings. The largest absolute Gasteiger partial charge is 0.354 e. The van der Waals surface area contributed by atoms with Crippen LogP contribution in [0.15, 0.2) is 17.3 Å². The summed E-state index contributed by atoms with van der Waals surface area (Å²) in [4.78, 5) is 26.2. The van der Waals surface area contributed by atoms with Gasteiger partial charge in [0.25, 0.3) is 0 Å². The number of piperidine rings is 1. The summed E-state index contributed by atoms with van der Waals surface area (Å²) in [6.45, 7) is 4.22. The van der Waals surface area contributed by atoms with E-state index in [0.29, 0.717) is 19.1 Å². The molecule has 7 nitrogen and oxygen atoms in total. The van der Waals surface area contributed by atoms with Gasteiger partial charge >= 0.3 is 0 Å². The summed E-state index contributed by atoms with van der Waals surface area (Å²) in [6, 6.07) is 4.21. The Balaban J connectivity index is 1.80. The van der Waals surface area contributed by atoms with Crippen LogP contribution in [0, 0.1) is 17.2 Å². The van der Waals surface area contributed by atoms with Gasteiger partial charge in [0.05, 0.1) is 17.7 Å². The first-order valence-electron chi connectivity index (χ1n) is 8.33. The Morgan fingerprint density at radius 3 is 3.12 bits per heavy atom. The molecule has 24 heavy (non-hydrogen) atoms. The Labute approximate surface area is 142 Å². The molecule has 1 saturated heterocycles. The van der Waals surface area contributed by atoms with Crippen molar-refractivity contribution in [2.24, 2.45) is 10.9 Å². The molecule has 0 unspecified atom stereocenters. The number of nitriles is 1. The van der Waals surface area contributed by atoms with Gasteiger partial charge in [0.1, 0.15) is 24.7 Å². The third kappa shape index (κ3) is 2.84. The van der Waals surface area contributed by atoms with Crippen molar-refractivity contribution in [1.82, 2.24) is 14.8 Å². The average Bonchev–Trinajstić information content (AvgIpc) is 3.06. The third-order valence-electron chi connectivity index (χ3n) is 5.11. The highest BCUT2D eigenvalue weighted by Crippen LogP contribution is 2.28. The second-order valence-electron chi connectivity index (χ2n) is 6.68. The quantitative estimate of drug-likeness (QED) is 0.886. The van der Waals surface area contributed by atoms with E-state index in [-0.39, 0.29) is 18.4 Å². The molecule has 1 aromatic heterocycles. The monoisotopic (exact) mass is 328 g/mol. The summed E-state index contributed by atoms with van der Waals surface area (Å²) in [7, 11) is 4.07. The minimum Gasteiger partial charge on any atom is -0.354 e. The summed E-state index contributed by atoms with van der Waals surface area (Å²) in [5, 5.41) is 8.77. The zero-order valence-electron chi connectivity index (χ0n) is 14.5. The van der Waals surface area contributed by atoms with E-state index in [1.54, 1.807) is 0 Å². The van der Waals surface area contributed by atoms with Gasteiger partial charge in [0, 0.05) is 33.4 Å². The van der Waals surface area contributed by atoms with Crippen LogP contribution in [-0.2, 0) is 4.79 Å². The number of aliphatic imine (C=N–C) groups is 1. The van der Waals surface area contributed by atoms with Gasteiger partial charge < -0.3 is 19.7 Å². The van der Waals surface area contributed by atoms with E-state index in [0.717, 1.165) is 30.2 Å². The number of amides is 1. The minimum atomic E-state index is -0.0737. The standard InChI is InChI=1S/C17H24N6O/c1-12-6-9-23(15(24)4-7-18)10-14(12)22(3)17-13-5-8-19-16(13)21(2)11-20-17/h5,8,12,14,19H,4,6,9-11H2,1-3H3/t12-,14+/m1/s1. The van der Waals surface area contributed by atoms with E-state index in [4.69, 9.17) is 10.3 Å². The highest BCUT2D eigenvalue weighted by molar-refractivity contribution is 6.04. The lowest BCUT2D eigenvalue weighted by Crippen LogP contribution is -2.54. The lowest BCUT2D eigenvalue weighted by molar-refractivity contribution is -0.132. The predicted molar refractivity (Wildman–Crippen MR) is 92.7 cm³/mol. The Kier molecular flexibility index (Phi) is 4.47. The number of nitrogens with one attached hydrogen (secondary N) is 1. The molecule has 0 aromatic carbocycles. The Morgan fingerprint density at radius 2 is 2.38 bits per heavy atom. The van der Waals surface area contributed by atoms with Crippen LogP contribution in [0.4, 0.5) is 5.82 Å². The summed E-state index contributed by atoms with van der Waals surface area (Å²) in [6.07, 6.45) is 2.83. The Bertz CT molecular complexity index is 687. The number of likely N-dealkylation sites (N-methyl/N-ethyl adjacent to an activating group) is 1. The topological polar surface area (TPSA) is 78.7 Å². The van der Waals surface area contributed by atoms with Crippen LogP contribution in [-0.4, -0.2) is 66.4 Å². The van der Waals surface area contributed by atoms with E-state index < -0.39 is 0 Å². The van der Waals surface area contributed by atoms with Crippen LogP contribution in [0.2, 0.25) is 0 Å². The van der Waals surface area contributed by atoms with Crippen LogP contribution in [0.5, 0.6) is 0 Å². The smallest absolute Gasteiger partial charge is 0.236 e. The lowest BCUT2D eigenvalue weighted by Gasteiger charge is -2.43. The number of carbonyl (C=O) groups excluding carboxylic acids is 1. The molecule has 0 saturated carbocycles. The fraction of sp³-hybridized carbons (Fsp3) is 0.588. The molecule has 0 aliphatic carbocycles. The van der Waals surface area contributed by atoms with Gasteiger partial charge in [-0.2, -0.15) is 5.26 Å². The van der Waals surface area contributed by atoms with Gasteiger partial charge in [-0.05, 0) is 18.4 Å². The van der Waals surface area contributed by atoms with Crippen molar-refractivity contribution in [3.8, 4) is 6.07 Å². The fourth-order valence-corrected chi connectivity index (χ4v) is 3.60. The number of likely N-dealkylation sites (tertiary alicyclic amines) is 1. The van der Waals surface area contributed by atoms with Crippen molar-refractivity contribution in [3.63, 3.8) is 0 Å². The second kappa shape index (κ2) is 6.56. The lowest BCUT2D eigenvalue weighted by atomic mass is 9.91. The van der Waals surface area contributed by atoms with Gasteiger partial charge in [0.15, 0.2) is 0 Å². The van der Waals surface area contributed by atoms with Crippen molar-refractivity contribution in [1.29, 1.82) is 5.26 Å². The number of hydrogen-bond donors (Lipinski definition) is 1. The number of H-pyrrole nitrogens is 1. The molecule has 1 N–H and O–H groups in total. The summed E-state index contributed by atoms with van der Waals surface area (Å²) < 4.78 is 0. The van der Waals surface area contributed by atoms with Gasteiger partial charge in [-0.1, -0.05) is 6.92 Å². The SMILES string of the molecule is C[C@@H]1CCN(C(=O)CC#N)C[C@@H]1N(C)C1=NCN(C)c2[nH]ccc21. The van der Waals surface area contributed by atoms with Crippen molar-refractivity contribution >= 4 is 17.6 Å². The van der Waals surface area contributed by atoms with Crippen molar-refractivity contribution in [3.05, 3.63) is 17.8 Å². The maximum absolute atomic E-state index is 12.1. The molecule has 2 aliphatic heterocycles. The molecule has 3 rings (SSSR count). The number of amidine groups is 1. The number of carbonyl (C=O) groups is 1. The van der Waals surface area contributed by atoms with E-state index in [9.17, 15) is 4.79 Å². The van der Waals surface area contributed by atoms with E-state index in [1.165, 1.54) is 0 Å². The Hall–Kier alpha value is -2.49. The van der Waals surface area contributed by atoms with E-state index in [1.807, 2.05) is 30.3 Å². The predicted octanol–water partition coefficient (Wildman–Crippen LogP) is 1.25. The van der Waals surface area contributed by atoms with Gasteiger partial charge in [-0.15, -0.1) is 0 Å². The van der Waals surface area contributed by atoms with Gasteiger partial charge in [-0.25, -0.2) is 4.99 Å². The first-order chi connectivity index (χ1) is 11.5. The summed E-state index contributed by atoms with van der Waals surface area (Å²) >= 11 is 0. The molecule has 1 amide bonds. The molecular weight excluding hydrogens is 304 g/mol. The molecule has 2 aliphatic rings. The average molecular weight is 328 g/mol. The molecular formula is C17H24N6O. The van der Waals surface area contributed by atoms with Crippen LogP contribution >= 0.6 is 0 Å². The maximum atomic E-state index is 12.1. The number of fused-ring (bicyclic) bond motifs is 1. The molecule has 7 heteroatoms. The Morgan fingerprint density at radius 1 is 1.58 bits per heavy atom. The number of anilines is 1. The first kappa shape index (κ1) is 16.4. The number of aromatic amines is 1.